The van der Waals surface area contributed by atoms with Crippen molar-refractivity contribution in [2.45, 2.75) is 19.4 Å². The number of nitrogens with two attached hydrogens (primary N) is 1. The molecule has 6 heteroatoms. The lowest BCUT2D eigenvalue weighted by molar-refractivity contribution is 0.559. The van der Waals surface area contributed by atoms with Gasteiger partial charge >= 0.3 is 0 Å². The van der Waals surface area contributed by atoms with E-state index in [1.165, 1.54) is 6.07 Å². The van der Waals surface area contributed by atoms with E-state index >= 15 is 0 Å². The van der Waals surface area contributed by atoms with Gasteiger partial charge < -0.3 is 0 Å². The number of thiazole rings is 1. The molecule has 0 saturated heterocycles. The number of hydrogen-bond donors (Lipinski definition) is 2. The molecular formula is C14H14FN3S2. The summed E-state index contributed by atoms with van der Waals surface area (Å²) in [6, 6.07) is 6.90. The van der Waals surface area contributed by atoms with Crippen molar-refractivity contribution in [3.05, 3.63) is 51.0 Å². The summed E-state index contributed by atoms with van der Waals surface area (Å²) in [5.74, 6) is 5.46. The zero-order valence-corrected chi connectivity index (χ0v) is 12.5. The normalized spacial score (nSPS) is 12.9. The first-order chi connectivity index (χ1) is 9.65. The van der Waals surface area contributed by atoms with Gasteiger partial charge in [-0.3, -0.25) is 11.3 Å². The van der Waals surface area contributed by atoms with Gasteiger partial charge in [-0.05, 0) is 30.5 Å². The summed E-state index contributed by atoms with van der Waals surface area (Å²) in [5.41, 5.74) is 3.86. The zero-order valence-electron chi connectivity index (χ0n) is 10.9. The summed E-state index contributed by atoms with van der Waals surface area (Å²) < 4.78 is 14.2. The smallest absolute Gasteiger partial charge is 0.124 e. The van der Waals surface area contributed by atoms with Crippen LogP contribution >= 0.6 is 22.7 Å². The topological polar surface area (TPSA) is 50.9 Å². The fourth-order valence-corrected chi connectivity index (χ4v) is 4.08. The van der Waals surface area contributed by atoms with E-state index in [-0.39, 0.29) is 11.9 Å². The quantitative estimate of drug-likeness (QED) is 0.572. The fourth-order valence-electron chi connectivity index (χ4n) is 2.11. The van der Waals surface area contributed by atoms with Crippen LogP contribution in [-0.4, -0.2) is 4.98 Å². The number of aryl methyl sites for hydroxylation is 1. The van der Waals surface area contributed by atoms with Crippen LogP contribution in [-0.2, 0) is 6.42 Å². The van der Waals surface area contributed by atoms with Gasteiger partial charge in [0.15, 0.2) is 0 Å². The minimum atomic E-state index is -0.210. The van der Waals surface area contributed by atoms with Gasteiger partial charge in [-0.1, -0.05) is 6.07 Å². The highest BCUT2D eigenvalue weighted by Gasteiger charge is 2.15. The number of aromatic nitrogens is 1. The van der Waals surface area contributed by atoms with Crippen LogP contribution in [0.15, 0.2) is 29.6 Å². The Morgan fingerprint density at radius 3 is 2.95 bits per heavy atom. The number of thiophene rings is 1. The van der Waals surface area contributed by atoms with Gasteiger partial charge in [-0.2, -0.15) is 0 Å². The lowest BCUT2D eigenvalue weighted by Gasteiger charge is -2.11. The van der Waals surface area contributed by atoms with Gasteiger partial charge in [-0.25, -0.2) is 9.37 Å². The monoisotopic (exact) mass is 307 g/mol. The van der Waals surface area contributed by atoms with E-state index in [1.807, 2.05) is 12.3 Å². The maximum Gasteiger partial charge on any atom is 0.124 e. The minimum absolute atomic E-state index is 0.000936. The molecule has 3 rings (SSSR count). The zero-order chi connectivity index (χ0) is 14.1. The van der Waals surface area contributed by atoms with E-state index < -0.39 is 0 Å². The first-order valence-electron chi connectivity index (χ1n) is 6.22. The molecule has 1 unspecified atom stereocenters. The summed E-state index contributed by atoms with van der Waals surface area (Å²) in [7, 11) is 0. The van der Waals surface area contributed by atoms with Crippen LogP contribution in [0.5, 0.6) is 0 Å². The second kappa shape index (κ2) is 5.57. The molecule has 2 aromatic heterocycles. The van der Waals surface area contributed by atoms with Crippen molar-refractivity contribution in [1.29, 1.82) is 0 Å². The van der Waals surface area contributed by atoms with E-state index in [2.05, 4.69) is 16.5 Å². The Morgan fingerprint density at radius 1 is 1.40 bits per heavy atom. The highest BCUT2D eigenvalue weighted by molar-refractivity contribution is 7.19. The molecule has 3 N–H and O–H groups in total. The first kappa shape index (κ1) is 13.6. The Balaban J connectivity index is 1.90. The Bertz CT molecular complexity index is 735. The number of rotatable bonds is 4. The first-order valence-corrected chi connectivity index (χ1v) is 7.91. The summed E-state index contributed by atoms with van der Waals surface area (Å²) >= 11 is 3.20. The van der Waals surface area contributed by atoms with Crippen molar-refractivity contribution in [2.24, 2.45) is 5.84 Å². The van der Waals surface area contributed by atoms with Gasteiger partial charge in [0.25, 0.3) is 0 Å². The van der Waals surface area contributed by atoms with Crippen LogP contribution < -0.4 is 11.3 Å². The van der Waals surface area contributed by atoms with E-state index in [9.17, 15) is 4.39 Å². The Kier molecular flexibility index (Phi) is 3.80. The lowest BCUT2D eigenvalue weighted by Crippen LogP contribution is -2.28. The van der Waals surface area contributed by atoms with Gasteiger partial charge in [0.2, 0.25) is 0 Å². The molecule has 2 heterocycles. The van der Waals surface area contributed by atoms with Crippen molar-refractivity contribution in [1.82, 2.24) is 10.4 Å². The maximum atomic E-state index is 13.2. The Morgan fingerprint density at radius 2 is 2.25 bits per heavy atom. The van der Waals surface area contributed by atoms with Crippen LogP contribution in [0.2, 0.25) is 0 Å². The van der Waals surface area contributed by atoms with Crippen molar-refractivity contribution < 1.29 is 4.39 Å². The van der Waals surface area contributed by atoms with Gasteiger partial charge in [0.05, 0.1) is 11.0 Å². The summed E-state index contributed by atoms with van der Waals surface area (Å²) in [6.07, 6.45) is 0.740. The average Bonchev–Trinajstić information content (AvgIpc) is 3.01. The van der Waals surface area contributed by atoms with E-state index in [0.29, 0.717) is 0 Å². The molecule has 3 aromatic rings. The second-order valence-corrected chi connectivity index (χ2v) is 6.69. The van der Waals surface area contributed by atoms with Crippen LogP contribution in [0.4, 0.5) is 4.39 Å². The molecule has 104 valence electrons. The molecule has 20 heavy (non-hydrogen) atoms. The highest BCUT2D eigenvalue weighted by atomic mass is 32.1. The molecule has 0 fully saturated rings. The average molecular weight is 307 g/mol. The Hall–Kier alpha value is -1.34. The second-order valence-electron chi connectivity index (χ2n) is 4.64. The third kappa shape index (κ3) is 2.73. The summed E-state index contributed by atoms with van der Waals surface area (Å²) in [5, 5.41) is 4.12. The number of hydrazine groups is 1. The molecular weight excluding hydrogens is 293 g/mol. The van der Waals surface area contributed by atoms with Crippen LogP contribution in [0.25, 0.3) is 10.1 Å². The standard InChI is InChI=1S/C14H14FN3S2/c1-8-7-19-14(17-8)6-11(18-16)13-4-9-2-3-10(15)5-12(9)20-13/h2-5,7,11,18H,6,16H2,1H3. The number of nitrogens with one attached hydrogen (secondary N) is 1. The molecule has 1 aromatic carbocycles. The number of hydrogen-bond acceptors (Lipinski definition) is 5. The van der Waals surface area contributed by atoms with Crippen molar-refractivity contribution in [3.63, 3.8) is 0 Å². The van der Waals surface area contributed by atoms with Crippen LogP contribution in [0.3, 0.4) is 0 Å². The summed E-state index contributed by atoms with van der Waals surface area (Å²) in [4.78, 5) is 5.56. The largest absolute Gasteiger partial charge is 0.271 e. The van der Waals surface area contributed by atoms with Gasteiger partial charge in [0, 0.05) is 27.1 Å². The van der Waals surface area contributed by atoms with Crippen LogP contribution in [0.1, 0.15) is 21.6 Å². The van der Waals surface area contributed by atoms with E-state index in [1.54, 1.807) is 34.8 Å². The SMILES string of the molecule is Cc1csc(CC(NN)c2cc3ccc(F)cc3s2)n1. The van der Waals surface area contributed by atoms with E-state index in [4.69, 9.17) is 5.84 Å². The molecule has 0 aliphatic heterocycles. The molecule has 3 nitrogen and oxygen atoms in total. The molecule has 1 atom stereocenters. The molecule has 0 aliphatic carbocycles. The van der Waals surface area contributed by atoms with E-state index in [0.717, 1.165) is 32.1 Å². The predicted molar refractivity (Wildman–Crippen MR) is 82.4 cm³/mol. The predicted octanol–water partition coefficient (Wildman–Crippen LogP) is 3.55. The number of benzene rings is 1. The highest BCUT2D eigenvalue weighted by Crippen LogP contribution is 2.32. The number of nitrogens with zero attached hydrogens (tertiary/aromatic N) is 1. The summed E-state index contributed by atoms with van der Waals surface area (Å²) in [6.45, 7) is 1.98. The minimum Gasteiger partial charge on any atom is -0.271 e. The van der Waals surface area contributed by atoms with Crippen LogP contribution in [0, 0.1) is 12.7 Å². The molecule has 0 spiro atoms. The molecule has 0 amide bonds. The maximum absolute atomic E-state index is 13.2. The third-order valence-electron chi connectivity index (χ3n) is 3.09. The van der Waals surface area contributed by atoms with Gasteiger partial charge in [0.1, 0.15) is 5.82 Å². The van der Waals surface area contributed by atoms with Crippen molar-refractivity contribution in [2.75, 3.05) is 0 Å². The molecule has 0 radical (unpaired) electrons. The van der Waals surface area contributed by atoms with Crippen molar-refractivity contribution in [3.8, 4) is 0 Å². The third-order valence-corrected chi connectivity index (χ3v) is 5.29. The number of fused-ring (bicyclic) bond motifs is 1. The fraction of sp³-hybridized carbons (Fsp3) is 0.214. The Labute approximate surface area is 124 Å². The molecule has 0 saturated carbocycles. The molecule has 0 bridgehead atoms. The van der Waals surface area contributed by atoms with Crippen molar-refractivity contribution >= 4 is 32.8 Å². The lowest BCUT2D eigenvalue weighted by atomic mass is 10.1. The molecule has 0 aliphatic rings. The number of halogens is 1. The van der Waals surface area contributed by atoms with Gasteiger partial charge in [-0.15, -0.1) is 22.7 Å².